The number of carbonyl (C=O) groups is 2. The molecule has 4 rings (SSSR count). The second kappa shape index (κ2) is 10.7. The topological polar surface area (TPSA) is 80.1 Å². The van der Waals surface area contributed by atoms with Crippen molar-refractivity contribution >= 4 is 35.1 Å². The standard InChI is InChI=1S/C25H29N5O2S/c1-18-6-12-22(13-7-18)30-24(29-15-4-3-5-16-29)27-28-25(30)33-17-14-23(32)26-21-10-8-20(9-11-21)19(2)31/h6-13H,3-5,14-17H2,1-2H3,(H,26,32). The van der Waals surface area contributed by atoms with Gasteiger partial charge >= 0.3 is 0 Å². The summed E-state index contributed by atoms with van der Waals surface area (Å²) in [6, 6.07) is 15.3. The van der Waals surface area contributed by atoms with Gasteiger partial charge in [-0.25, -0.2) is 0 Å². The lowest BCUT2D eigenvalue weighted by molar-refractivity contribution is -0.115. The molecule has 2 heterocycles. The van der Waals surface area contributed by atoms with Gasteiger partial charge in [0.2, 0.25) is 11.9 Å². The number of thioether (sulfide) groups is 1. The largest absolute Gasteiger partial charge is 0.341 e. The van der Waals surface area contributed by atoms with Gasteiger partial charge < -0.3 is 10.2 Å². The highest BCUT2D eigenvalue weighted by atomic mass is 32.2. The van der Waals surface area contributed by atoms with Crippen molar-refractivity contribution in [3.63, 3.8) is 0 Å². The summed E-state index contributed by atoms with van der Waals surface area (Å²) in [5, 5.41) is 12.7. The Bertz CT molecular complexity index is 1100. The number of aryl methyl sites for hydroxylation is 1. The first-order valence-electron chi connectivity index (χ1n) is 11.3. The number of nitrogens with zero attached hydrogens (tertiary/aromatic N) is 4. The van der Waals surface area contributed by atoms with E-state index in [1.54, 1.807) is 24.3 Å². The number of hydrogen-bond donors (Lipinski definition) is 1. The molecule has 0 unspecified atom stereocenters. The van der Waals surface area contributed by atoms with E-state index in [-0.39, 0.29) is 11.7 Å². The van der Waals surface area contributed by atoms with E-state index in [0.717, 1.165) is 42.7 Å². The smallest absolute Gasteiger partial charge is 0.232 e. The molecule has 33 heavy (non-hydrogen) atoms. The zero-order chi connectivity index (χ0) is 23.2. The number of amides is 1. The minimum absolute atomic E-state index is 0.00545. The lowest BCUT2D eigenvalue weighted by Gasteiger charge is -2.27. The highest BCUT2D eigenvalue weighted by molar-refractivity contribution is 7.99. The van der Waals surface area contributed by atoms with Gasteiger partial charge in [0.1, 0.15) is 0 Å². The average Bonchev–Trinajstić information content (AvgIpc) is 3.24. The fraction of sp³-hybridized carbons (Fsp3) is 0.360. The highest BCUT2D eigenvalue weighted by Crippen LogP contribution is 2.29. The molecule has 0 spiro atoms. The molecule has 3 aromatic rings. The lowest BCUT2D eigenvalue weighted by Crippen LogP contribution is -2.31. The zero-order valence-corrected chi connectivity index (χ0v) is 19.9. The van der Waals surface area contributed by atoms with E-state index < -0.39 is 0 Å². The summed E-state index contributed by atoms with van der Waals surface area (Å²) >= 11 is 1.53. The van der Waals surface area contributed by atoms with Gasteiger partial charge in [-0.3, -0.25) is 14.2 Å². The molecule has 0 radical (unpaired) electrons. The van der Waals surface area contributed by atoms with E-state index in [0.29, 0.717) is 23.4 Å². The van der Waals surface area contributed by atoms with Crippen molar-refractivity contribution in [1.82, 2.24) is 14.8 Å². The third kappa shape index (κ3) is 5.82. The maximum atomic E-state index is 12.4. The summed E-state index contributed by atoms with van der Waals surface area (Å²) in [6.07, 6.45) is 3.93. The van der Waals surface area contributed by atoms with Crippen LogP contribution in [0.2, 0.25) is 0 Å². The summed E-state index contributed by atoms with van der Waals surface area (Å²) in [5.74, 6) is 1.39. The minimum Gasteiger partial charge on any atom is -0.341 e. The van der Waals surface area contributed by atoms with Crippen molar-refractivity contribution in [2.24, 2.45) is 0 Å². The van der Waals surface area contributed by atoms with Crippen molar-refractivity contribution in [2.45, 2.75) is 44.7 Å². The van der Waals surface area contributed by atoms with E-state index in [9.17, 15) is 9.59 Å². The van der Waals surface area contributed by atoms with Gasteiger partial charge in [-0.2, -0.15) is 0 Å². The first-order chi connectivity index (χ1) is 16.0. The van der Waals surface area contributed by atoms with Gasteiger partial charge in [0.05, 0.1) is 5.69 Å². The molecule has 2 aromatic carbocycles. The first kappa shape index (κ1) is 23.0. The van der Waals surface area contributed by atoms with Gasteiger partial charge in [0.25, 0.3) is 0 Å². The third-order valence-electron chi connectivity index (χ3n) is 5.68. The zero-order valence-electron chi connectivity index (χ0n) is 19.1. The molecule has 7 nitrogen and oxygen atoms in total. The van der Waals surface area contributed by atoms with Crippen LogP contribution in [0.15, 0.2) is 53.7 Å². The summed E-state index contributed by atoms with van der Waals surface area (Å²) in [7, 11) is 0. The van der Waals surface area contributed by atoms with Gasteiger partial charge in [0.15, 0.2) is 10.9 Å². The second-order valence-corrected chi connectivity index (χ2v) is 9.34. The van der Waals surface area contributed by atoms with Crippen LogP contribution in [0.1, 0.15) is 48.5 Å². The van der Waals surface area contributed by atoms with Crippen molar-refractivity contribution < 1.29 is 9.59 Å². The molecule has 1 aliphatic heterocycles. The number of anilines is 2. The van der Waals surface area contributed by atoms with Gasteiger partial charge in [-0.15, -0.1) is 10.2 Å². The van der Waals surface area contributed by atoms with Crippen LogP contribution in [-0.2, 0) is 4.79 Å². The van der Waals surface area contributed by atoms with E-state index in [1.807, 2.05) is 0 Å². The van der Waals surface area contributed by atoms with Crippen LogP contribution in [0.3, 0.4) is 0 Å². The Hall–Kier alpha value is -3.13. The third-order valence-corrected chi connectivity index (χ3v) is 6.61. The Balaban J connectivity index is 1.43. The predicted molar refractivity (Wildman–Crippen MR) is 133 cm³/mol. The minimum atomic E-state index is -0.0734. The quantitative estimate of drug-likeness (QED) is 0.378. The molecule has 1 amide bonds. The van der Waals surface area contributed by atoms with Crippen LogP contribution in [0.25, 0.3) is 5.69 Å². The Morgan fingerprint density at radius 2 is 1.67 bits per heavy atom. The number of benzene rings is 2. The van der Waals surface area contributed by atoms with Crippen molar-refractivity contribution in [2.75, 3.05) is 29.1 Å². The van der Waals surface area contributed by atoms with Crippen LogP contribution in [-0.4, -0.2) is 45.3 Å². The molecule has 1 N–H and O–H groups in total. The summed E-state index contributed by atoms with van der Waals surface area (Å²) < 4.78 is 2.10. The molecule has 0 atom stereocenters. The molecule has 1 fully saturated rings. The van der Waals surface area contributed by atoms with E-state index in [4.69, 9.17) is 0 Å². The normalized spacial score (nSPS) is 13.7. The van der Waals surface area contributed by atoms with Crippen LogP contribution < -0.4 is 10.2 Å². The van der Waals surface area contributed by atoms with Crippen LogP contribution >= 0.6 is 11.8 Å². The maximum Gasteiger partial charge on any atom is 0.232 e. The maximum absolute atomic E-state index is 12.4. The molecule has 172 valence electrons. The summed E-state index contributed by atoms with van der Waals surface area (Å²) in [5.41, 5.74) is 3.55. The Morgan fingerprint density at radius 1 is 0.970 bits per heavy atom. The fourth-order valence-corrected chi connectivity index (χ4v) is 4.71. The number of aromatic nitrogens is 3. The van der Waals surface area contributed by atoms with Crippen LogP contribution in [0.4, 0.5) is 11.6 Å². The Kier molecular flexibility index (Phi) is 7.44. The molecular weight excluding hydrogens is 434 g/mol. The number of piperidine rings is 1. The highest BCUT2D eigenvalue weighted by Gasteiger charge is 2.21. The summed E-state index contributed by atoms with van der Waals surface area (Å²) in [4.78, 5) is 26.1. The summed E-state index contributed by atoms with van der Waals surface area (Å²) in [6.45, 7) is 5.57. The molecule has 0 bridgehead atoms. The number of hydrogen-bond acceptors (Lipinski definition) is 6. The van der Waals surface area contributed by atoms with Crippen LogP contribution in [0, 0.1) is 6.92 Å². The van der Waals surface area contributed by atoms with Crippen molar-refractivity contribution in [3.8, 4) is 5.69 Å². The molecule has 1 aliphatic rings. The van der Waals surface area contributed by atoms with Crippen LogP contribution in [0.5, 0.6) is 0 Å². The first-order valence-corrected chi connectivity index (χ1v) is 12.3. The number of carbonyl (C=O) groups excluding carboxylic acids is 2. The van der Waals surface area contributed by atoms with Gasteiger partial charge in [-0.1, -0.05) is 29.5 Å². The Labute approximate surface area is 198 Å². The molecule has 0 aliphatic carbocycles. The van der Waals surface area contributed by atoms with E-state index in [1.165, 1.54) is 30.7 Å². The number of nitrogens with one attached hydrogen (secondary N) is 1. The lowest BCUT2D eigenvalue weighted by atomic mass is 10.1. The molecule has 8 heteroatoms. The SMILES string of the molecule is CC(=O)c1ccc(NC(=O)CCSc2nnc(N3CCCCC3)n2-c2ccc(C)cc2)cc1. The number of rotatable bonds is 8. The molecule has 1 saturated heterocycles. The number of Topliss-reactive ketones (excluding diaryl/α,β-unsaturated/α-hetero) is 1. The second-order valence-electron chi connectivity index (χ2n) is 8.28. The molecule has 1 aromatic heterocycles. The van der Waals surface area contributed by atoms with Crippen molar-refractivity contribution in [3.05, 3.63) is 59.7 Å². The molecular formula is C25H29N5O2S. The van der Waals surface area contributed by atoms with Gasteiger partial charge in [0, 0.05) is 36.5 Å². The number of ketones is 1. The average molecular weight is 464 g/mol. The molecule has 0 saturated carbocycles. The Morgan fingerprint density at radius 3 is 2.33 bits per heavy atom. The van der Waals surface area contributed by atoms with E-state index in [2.05, 4.69) is 56.2 Å². The van der Waals surface area contributed by atoms with E-state index >= 15 is 0 Å². The van der Waals surface area contributed by atoms with Crippen molar-refractivity contribution in [1.29, 1.82) is 0 Å². The fourth-order valence-electron chi connectivity index (χ4n) is 3.82. The van der Waals surface area contributed by atoms with Gasteiger partial charge in [-0.05, 0) is 69.5 Å². The predicted octanol–water partition coefficient (Wildman–Crippen LogP) is 4.89. The monoisotopic (exact) mass is 463 g/mol.